The molecule has 1 aromatic rings. The maximum absolute atomic E-state index is 9.58. The topological polar surface area (TPSA) is 52.5 Å². The van der Waals surface area contributed by atoms with Gasteiger partial charge in [-0.1, -0.05) is 12.1 Å². The lowest BCUT2D eigenvalue weighted by molar-refractivity contribution is 0.177. The molecule has 0 fully saturated rings. The van der Waals surface area contributed by atoms with Crippen molar-refractivity contribution in [2.24, 2.45) is 0 Å². The average molecular weight is 208 g/mol. The third kappa shape index (κ3) is 3.63. The van der Waals surface area contributed by atoms with Gasteiger partial charge in [0, 0.05) is 10.7 Å². The van der Waals surface area contributed by atoms with E-state index in [4.69, 9.17) is 9.22 Å². The number of benzene rings is 1. The molecule has 0 radical (unpaired) electrons. The minimum absolute atomic E-state index is 0. The molecule has 1 atom stereocenters. The first-order valence-electron chi connectivity index (χ1n) is 5.10. The summed E-state index contributed by atoms with van der Waals surface area (Å²) in [5.41, 5.74) is 0.478. The third-order valence-corrected chi connectivity index (χ3v) is 1.55. The smallest absolute Gasteiger partial charge is 0.115 e. The van der Waals surface area contributed by atoms with Crippen LogP contribution >= 0.6 is 12.4 Å². The number of aromatic hydroxyl groups is 1. The SMILES string of the molecule is Cl.[2H][13C]([2H])([2H])NC[C@H](O)c1cccc(O)c1. The number of hydrogen-bond acceptors (Lipinski definition) is 3. The Kier molecular flexibility index (Phi) is 3.40. The molecule has 0 amide bonds. The van der Waals surface area contributed by atoms with Crippen molar-refractivity contribution in [3.05, 3.63) is 29.8 Å². The first-order chi connectivity index (χ1) is 6.88. The summed E-state index contributed by atoms with van der Waals surface area (Å²) in [5, 5.41) is 20.9. The first kappa shape index (κ1) is 7.62. The van der Waals surface area contributed by atoms with Gasteiger partial charge in [0.25, 0.3) is 0 Å². The molecule has 0 spiro atoms. The number of aliphatic hydroxyl groups excluding tert-OH is 1. The highest BCUT2D eigenvalue weighted by Crippen LogP contribution is 2.17. The summed E-state index contributed by atoms with van der Waals surface area (Å²) in [6.45, 7) is -2.35. The molecule has 0 aromatic heterocycles. The van der Waals surface area contributed by atoms with Gasteiger partial charge in [0.2, 0.25) is 0 Å². The van der Waals surface area contributed by atoms with Crippen LogP contribution in [-0.4, -0.2) is 23.7 Å². The van der Waals surface area contributed by atoms with Crippen molar-refractivity contribution in [3.8, 4) is 5.75 Å². The van der Waals surface area contributed by atoms with Crippen LogP contribution in [0.4, 0.5) is 0 Å². The molecule has 0 aliphatic heterocycles. The Morgan fingerprint density at radius 1 is 1.62 bits per heavy atom. The number of nitrogens with one attached hydrogen (secondary N) is 1. The monoisotopic (exact) mass is 207 g/mol. The summed E-state index contributed by atoms with van der Waals surface area (Å²) in [6, 6.07) is 6.08. The van der Waals surface area contributed by atoms with Gasteiger partial charge < -0.3 is 15.5 Å². The second-order valence-electron chi connectivity index (χ2n) is 2.49. The van der Waals surface area contributed by atoms with E-state index >= 15 is 0 Å². The lowest BCUT2D eigenvalue weighted by Gasteiger charge is -2.09. The van der Waals surface area contributed by atoms with Crippen LogP contribution < -0.4 is 5.32 Å². The molecule has 0 unspecified atom stereocenters. The highest BCUT2D eigenvalue weighted by molar-refractivity contribution is 5.85. The Balaban J connectivity index is 0.00000225. The van der Waals surface area contributed by atoms with Crippen LogP contribution in [0.5, 0.6) is 5.75 Å². The second kappa shape index (κ2) is 5.80. The minimum Gasteiger partial charge on any atom is -0.508 e. The molecule has 13 heavy (non-hydrogen) atoms. The summed E-state index contributed by atoms with van der Waals surface area (Å²) in [4.78, 5) is 0. The molecule has 1 rings (SSSR count). The van der Waals surface area contributed by atoms with Crippen molar-refractivity contribution in [1.82, 2.24) is 5.32 Å². The van der Waals surface area contributed by atoms with Crippen LogP contribution in [0.1, 0.15) is 15.8 Å². The molecule has 0 saturated carbocycles. The van der Waals surface area contributed by atoms with Crippen LogP contribution in [0.25, 0.3) is 0 Å². The lowest BCUT2D eigenvalue weighted by Crippen LogP contribution is -2.16. The average Bonchev–Trinajstić information content (AvgIpc) is 2.13. The lowest BCUT2D eigenvalue weighted by atomic mass is 10.1. The van der Waals surface area contributed by atoms with E-state index in [9.17, 15) is 5.11 Å². The second-order valence-corrected chi connectivity index (χ2v) is 2.49. The van der Waals surface area contributed by atoms with E-state index in [0.29, 0.717) is 5.56 Å². The number of rotatable bonds is 3. The number of phenolic OH excluding ortho intramolecular Hbond substituents is 1. The van der Waals surface area contributed by atoms with Gasteiger partial charge in [-0.3, -0.25) is 0 Å². The summed E-state index contributed by atoms with van der Waals surface area (Å²) in [7, 11) is 0. The molecule has 0 aliphatic carbocycles. The molecular weight excluding hydrogens is 191 g/mol. The molecule has 0 heterocycles. The molecule has 0 bridgehead atoms. The molecule has 3 N–H and O–H groups in total. The Morgan fingerprint density at radius 2 is 2.38 bits per heavy atom. The van der Waals surface area contributed by atoms with Crippen LogP contribution in [0, 0.1) is 0 Å². The Morgan fingerprint density at radius 3 is 3.00 bits per heavy atom. The molecule has 0 aliphatic rings. The molecular formula is C9H14ClNO2. The Bertz CT molecular complexity index is 333. The maximum Gasteiger partial charge on any atom is 0.115 e. The highest BCUT2D eigenvalue weighted by Gasteiger charge is 2.05. The molecule has 74 valence electrons. The zero-order valence-corrected chi connectivity index (χ0v) is 7.71. The fraction of sp³-hybridized carbons (Fsp3) is 0.333. The summed E-state index contributed by atoms with van der Waals surface area (Å²) in [6.07, 6.45) is -0.947. The number of aliphatic hydroxyl groups is 1. The molecule has 1 aromatic carbocycles. The van der Waals surface area contributed by atoms with E-state index < -0.39 is 13.1 Å². The minimum atomic E-state index is -2.27. The van der Waals surface area contributed by atoms with Gasteiger partial charge in [-0.2, -0.15) is 0 Å². The Labute approximate surface area is 88.0 Å². The van der Waals surface area contributed by atoms with Gasteiger partial charge in [0.05, 0.1) is 6.10 Å². The Hall–Kier alpha value is -0.770. The van der Waals surface area contributed by atoms with Gasteiger partial charge in [0.15, 0.2) is 0 Å². The van der Waals surface area contributed by atoms with Crippen LogP contribution in [0.2, 0.25) is 0 Å². The van der Waals surface area contributed by atoms with Gasteiger partial charge in [0.1, 0.15) is 5.75 Å². The molecule has 0 saturated heterocycles. The van der Waals surface area contributed by atoms with Crippen molar-refractivity contribution < 1.29 is 14.3 Å². The predicted octanol–water partition coefficient (Wildman–Crippen LogP) is 1.07. The van der Waals surface area contributed by atoms with Crippen LogP contribution in [-0.2, 0) is 0 Å². The van der Waals surface area contributed by atoms with E-state index in [1.165, 1.54) is 12.1 Å². The van der Waals surface area contributed by atoms with Crippen molar-refractivity contribution in [3.63, 3.8) is 0 Å². The number of halogens is 1. The number of phenols is 1. The first-order valence-corrected chi connectivity index (χ1v) is 3.60. The van der Waals surface area contributed by atoms with Crippen molar-refractivity contribution in [1.29, 1.82) is 0 Å². The van der Waals surface area contributed by atoms with Crippen molar-refractivity contribution in [2.75, 3.05) is 13.5 Å². The zero-order chi connectivity index (χ0) is 11.5. The zero-order valence-electron chi connectivity index (χ0n) is 9.90. The van der Waals surface area contributed by atoms with E-state index in [-0.39, 0.29) is 24.7 Å². The van der Waals surface area contributed by atoms with Crippen LogP contribution in [0.3, 0.4) is 0 Å². The summed E-state index contributed by atoms with van der Waals surface area (Å²) < 4.78 is 20.7. The normalized spacial score (nSPS) is 16.2. The molecule has 3 nitrogen and oxygen atoms in total. The highest BCUT2D eigenvalue weighted by atomic mass is 35.5. The molecule has 4 heteroatoms. The van der Waals surface area contributed by atoms with Crippen LogP contribution in [0.15, 0.2) is 24.3 Å². The van der Waals surface area contributed by atoms with E-state index in [1.54, 1.807) is 12.1 Å². The fourth-order valence-electron chi connectivity index (χ4n) is 0.947. The third-order valence-electron chi connectivity index (χ3n) is 1.55. The van der Waals surface area contributed by atoms with Gasteiger partial charge in [-0.25, -0.2) is 0 Å². The van der Waals surface area contributed by atoms with E-state index in [1.807, 2.05) is 0 Å². The maximum atomic E-state index is 9.58. The quantitative estimate of drug-likeness (QED) is 0.650. The fourth-order valence-corrected chi connectivity index (χ4v) is 0.947. The largest absolute Gasteiger partial charge is 0.508 e. The van der Waals surface area contributed by atoms with E-state index in [2.05, 4.69) is 5.32 Å². The number of likely N-dealkylation sites (N-methyl/N-ethyl adjacent to an activating group) is 1. The standard InChI is InChI=1S/C9H13NO2.ClH/c1-10-6-9(12)7-3-2-4-8(11)5-7;/h2-5,9-12H,6H2,1H3;1H/t9-;/m0./s1/i1+1D3;. The van der Waals surface area contributed by atoms with Crippen molar-refractivity contribution >= 4 is 12.4 Å². The van der Waals surface area contributed by atoms with Gasteiger partial charge in [-0.05, 0) is 24.7 Å². The van der Waals surface area contributed by atoms with Gasteiger partial charge in [-0.15, -0.1) is 12.4 Å². The summed E-state index contributed by atoms with van der Waals surface area (Å²) >= 11 is 0. The van der Waals surface area contributed by atoms with Gasteiger partial charge >= 0.3 is 0 Å². The predicted molar refractivity (Wildman–Crippen MR) is 54.2 cm³/mol. The van der Waals surface area contributed by atoms with E-state index in [0.717, 1.165) is 0 Å². The van der Waals surface area contributed by atoms with Crippen molar-refractivity contribution in [2.45, 2.75) is 6.10 Å². The number of hydrogen-bond donors (Lipinski definition) is 3. The summed E-state index contributed by atoms with van der Waals surface area (Å²) in [5.74, 6) is 0.0421.